The van der Waals surface area contributed by atoms with Crippen LogP contribution >= 0.6 is 0 Å². The number of amides is 1. The lowest BCUT2D eigenvalue weighted by molar-refractivity contribution is -0.127. The van der Waals surface area contributed by atoms with Crippen molar-refractivity contribution < 1.29 is 22.0 Å². The van der Waals surface area contributed by atoms with Gasteiger partial charge >= 0.3 is 0 Å². The van der Waals surface area contributed by atoms with Gasteiger partial charge in [-0.1, -0.05) is 30.8 Å². The van der Waals surface area contributed by atoms with Crippen LogP contribution in [0.15, 0.2) is 66.3 Å². The highest BCUT2D eigenvalue weighted by Gasteiger charge is 2.28. The molecule has 10 nitrogen and oxygen atoms in total. The van der Waals surface area contributed by atoms with E-state index in [1.807, 2.05) is 0 Å². The lowest BCUT2D eigenvalue weighted by Crippen LogP contribution is -2.40. The van der Waals surface area contributed by atoms with Crippen molar-refractivity contribution >= 4 is 32.8 Å². The van der Waals surface area contributed by atoms with Crippen LogP contribution in [0.25, 0.3) is 22.3 Å². The van der Waals surface area contributed by atoms with E-state index in [4.69, 9.17) is 10.8 Å². The lowest BCUT2D eigenvalue weighted by atomic mass is 10.1. The smallest absolute Gasteiger partial charge is 0.246 e. The molecule has 5 rings (SSSR count). The van der Waals surface area contributed by atoms with E-state index in [0.29, 0.717) is 47.0 Å². The van der Waals surface area contributed by atoms with Crippen LogP contribution in [-0.4, -0.2) is 63.4 Å². The third-order valence-electron chi connectivity index (χ3n) is 6.96. The molecule has 2 N–H and O–H groups in total. The number of likely N-dealkylation sites (tertiary alicyclic amines) is 1. The van der Waals surface area contributed by atoms with Crippen molar-refractivity contribution in [2.45, 2.75) is 30.3 Å². The zero-order valence-electron chi connectivity index (χ0n) is 21.7. The number of fused-ring (bicyclic) bond motifs is 1. The molecule has 2 aromatic heterocycles. The second-order valence-corrected chi connectivity index (χ2v) is 11.6. The van der Waals surface area contributed by atoms with Gasteiger partial charge in [0.25, 0.3) is 0 Å². The van der Waals surface area contributed by atoms with E-state index in [1.54, 1.807) is 33.8 Å². The third kappa shape index (κ3) is 5.05. The molecule has 1 unspecified atom stereocenters. The Kier molecular flexibility index (Phi) is 7.34. The van der Waals surface area contributed by atoms with Gasteiger partial charge in [0.1, 0.15) is 34.4 Å². The third-order valence-corrected chi connectivity index (χ3v) is 8.78. The molecule has 1 saturated heterocycles. The minimum Gasteiger partial charge on any atom is -0.383 e. The summed E-state index contributed by atoms with van der Waals surface area (Å²) in [7, 11) is -2.98. The van der Waals surface area contributed by atoms with Crippen molar-refractivity contribution in [2.75, 3.05) is 25.9 Å². The monoisotopic (exact) mass is 567 g/mol. The molecule has 1 atom stereocenters. The number of nitrogen functional groups attached to an aromatic ring is 1. The highest BCUT2D eigenvalue weighted by molar-refractivity contribution is 7.89. The van der Waals surface area contributed by atoms with Gasteiger partial charge in [-0.25, -0.2) is 31.8 Å². The minimum atomic E-state index is -4.27. The molecule has 4 aromatic rings. The molecular weight excluding hydrogens is 540 g/mol. The van der Waals surface area contributed by atoms with Crippen molar-refractivity contribution in [3.8, 4) is 11.3 Å². The van der Waals surface area contributed by atoms with Crippen LogP contribution in [0, 0.1) is 11.6 Å². The molecule has 0 spiro atoms. The van der Waals surface area contributed by atoms with E-state index in [2.05, 4.69) is 16.5 Å². The van der Waals surface area contributed by atoms with Crippen LogP contribution in [0.4, 0.5) is 14.6 Å². The summed E-state index contributed by atoms with van der Waals surface area (Å²) in [5.74, 6) is -1.76. The Bertz CT molecular complexity index is 1710. The first-order valence-electron chi connectivity index (χ1n) is 12.5. The number of sulfonamides is 1. The Morgan fingerprint density at radius 1 is 1.20 bits per heavy atom. The highest BCUT2D eigenvalue weighted by atomic mass is 32.2. The Labute approximate surface area is 229 Å². The molecule has 2 aromatic carbocycles. The summed E-state index contributed by atoms with van der Waals surface area (Å²) < 4.78 is 56.2. The zero-order chi connectivity index (χ0) is 28.6. The quantitative estimate of drug-likeness (QED) is 0.339. The minimum absolute atomic E-state index is 0.0752. The molecule has 208 valence electrons. The number of halogens is 2. The maximum absolute atomic E-state index is 14.2. The van der Waals surface area contributed by atoms with Crippen LogP contribution in [0.3, 0.4) is 0 Å². The Morgan fingerprint density at radius 3 is 2.67 bits per heavy atom. The second kappa shape index (κ2) is 10.7. The van der Waals surface area contributed by atoms with E-state index in [9.17, 15) is 22.0 Å². The van der Waals surface area contributed by atoms with E-state index in [-0.39, 0.29) is 24.3 Å². The number of piperidine rings is 1. The van der Waals surface area contributed by atoms with Gasteiger partial charge < -0.3 is 10.6 Å². The van der Waals surface area contributed by atoms with Crippen molar-refractivity contribution in [1.82, 2.24) is 29.0 Å². The van der Waals surface area contributed by atoms with Gasteiger partial charge in [-0.15, -0.1) is 0 Å². The van der Waals surface area contributed by atoms with Crippen LogP contribution in [-0.2, 0) is 21.4 Å². The van der Waals surface area contributed by atoms with E-state index in [0.717, 1.165) is 29.3 Å². The second-order valence-electron chi connectivity index (χ2n) is 9.57. The van der Waals surface area contributed by atoms with Gasteiger partial charge in [-0.3, -0.25) is 4.79 Å². The van der Waals surface area contributed by atoms with E-state index >= 15 is 0 Å². The number of benzene rings is 2. The fourth-order valence-electron chi connectivity index (χ4n) is 4.89. The number of rotatable bonds is 7. The Hall–Kier alpha value is -4.23. The van der Waals surface area contributed by atoms with Gasteiger partial charge in [0, 0.05) is 32.2 Å². The number of anilines is 1. The van der Waals surface area contributed by atoms with E-state index in [1.165, 1.54) is 19.5 Å². The predicted octanol–water partition coefficient (Wildman–Crippen LogP) is 3.52. The highest BCUT2D eigenvalue weighted by Crippen LogP contribution is 2.34. The number of hydrogen-bond donors (Lipinski definition) is 1. The van der Waals surface area contributed by atoms with E-state index < -0.39 is 26.6 Å². The van der Waals surface area contributed by atoms with Gasteiger partial charge in [0.05, 0.1) is 11.4 Å². The molecule has 40 heavy (non-hydrogen) atoms. The summed E-state index contributed by atoms with van der Waals surface area (Å²) in [5.41, 5.74) is 8.66. The molecule has 0 aliphatic carbocycles. The molecule has 0 bridgehead atoms. The molecular formula is C27H27F2N7O3S. The van der Waals surface area contributed by atoms with Crippen LogP contribution in [0.5, 0.6) is 0 Å². The van der Waals surface area contributed by atoms with Crippen molar-refractivity contribution in [3.05, 3.63) is 78.6 Å². The first-order valence-corrected chi connectivity index (χ1v) is 13.9. The normalized spacial score (nSPS) is 16.0. The number of carbonyl (C=O) groups excluding carboxylic acids is 1. The summed E-state index contributed by atoms with van der Waals surface area (Å²) in [6.45, 7) is 4.60. The number of hydrogen-bond acceptors (Lipinski definition) is 7. The predicted molar refractivity (Wildman–Crippen MR) is 145 cm³/mol. The Morgan fingerprint density at radius 2 is 1.95 bits per heavy atom. The first-order chi connectivity index (χ1) is 19.1. The number of nitrogens with zero attached hydrogens (tertiary/aromatic N) is 6. The largest absolute Gasteiger partial charge is 0.383 e. The van der Waals surface area contributed by atoms with Crippen LogP contribution < -0.4 is 5.73 Å². The van der Waals surface area contributed by atoms with Gasteiger partial charge in [0.2, 0.25) is 15.9 Å². The van der Waals surface area contributed by atoms with Crippen LogP contribution in [0.2, 0.25) is 0 Å². The number of carbonyl (C=O) groups is 1. The van der Waals surface area contributed by atoms with Gasteiger partial charge in [-0.2, -0.15) is 9.40 Å². The molecule has 1 amide bonds. The fraction of sp³-hybridized carbons (Fsp3) is 0.259. The maximum Gasteiger partial charge on any atom is 0.246 e. The SMILES string of the molecule is C=CC(=O)N1CCCC(n2nc(-c3ccc(CN(C)S(=O)(=O)c4cc(F)ccc4F)cc3)c3c(N)ncnc32)C1. The van der Waals surface area contributed by atoms with Crippen molar-refractivity contribution in [1.29, 1.82) is 0 Å². The fourth-order valence-corrected chi connectivity index (χ4v) is 6.12. The Balaban J connectivity index is 1.44. The average molecular weight is 568 g/mol. The summed E-state index contributed by atoms with van der Waals surface area (Å²) in [5, 5.41) is 5.41. The summed E-state index contributed by atoms with van der Waals surface area (Å²) in [4.78, 5) is 21.8. The number of aromatic nitrogens is 4. The average Bonchev–Trinajstić information content (AvgIpc) is 3.35. The van der Waals surface area contributed by atoms with Crippen LogP contribution in [0.1, 0.15) is 24.4 Å². The van der Waals surface area contributed by atoms with Crippen molar-refractivity contribution in [3.63, 3.8) is 0 Å². The maximum atomic E-state index is 14.2. The molecule has 1 aliphatic rings. The van der Waals surface area contributed by atoms with Gasteiger partial charge in [-0.05, 0) is 42.7 Å². The number of nitrogens with two attached hydrogens (primary N) is 1. The summed E-state index contributed by atoms with van der Waals surface area (Å²) in [6.07, 6.45) is 4.27. The van der Waals surface area contributed by atoms with Gasteiger partial charge in [0.15, 0.2) is 5.65 Å². The van der Waals surface area contributed by atoms with Crippen molar-refractivity contribution in [2.24, 2.45) is 0 Å². The molecule has 0 saturated carbocycles. The summed E-state index contributed by atoms with van der Waals surface area (Å²) in [6, 6.07) is 9.17. The molecule has 3 heterocycles. The topological polar surface area (TPSA) is 127 Å². The zero-order valence-corrected chi connectivity index (χ0v) is 22.5. The molecule has 1 aliphatic heterocycles. The standard InChI is InChI=1S/C27H27F2N7O3S/c1-3-23(37)35-12-4-5-20(15-35)36-27-24(26(30)31-16-32-27)25(33-36)18-8-6-17(7-9-18)14-34(2)40(38,39)22-13-19(28)10-11-21(22)29/h3,6-11,13,16,20H,1,4-5,12,14-15H2,2H3,(H2,30,31,32). The summed E-state index contributed by atoms with van der Waals surface area (Å²) >= 11 is 0. The lowest BCUT2D eigenvalue weighted by Gasteiger charge is -2.32. The first kappa shape index (κ1) is 27.3. The molecule has 1 fully saturated rings. The molecule has 13 heteroatoms. The molecule has 0 radical (unpaired) electrons.